The molecule has 1 nitrogen and oxygen atoms in total. The predicted molar refractivity (Wildman–Crippen MR) is 112 cm³/mol. The van der Waals surface area contributed by atoms with Crippen molar-refractivity contribution in [2.45, 2.75) is 79.5 Å². The average Bonchev–Trinajstić information content (AvgIpc) is 3.02. The number of fused-ring (bicyclic) bond motifs is 2. The van der Waals surface area contributed by atoms with Gasteiger partial charge in [0.05, 0.1) is 0 Å². The molecule has 3 rings (SSSR count). The molecule has 0 spiro atoms. The molecule has 27 heavy (non-hydrogen) atoms. The molecule has 146 valence electrons. The van der Waals surface area contributed by atoms with Crippen molar-refractivity contribution in [3.63, 3.8) is 0 Å². The summed E-state index contributed by atoms with van der Waals surface area (Å²) in [6, 6.07) is 0. The maximum atomic E-state index is 15.9. The second kappa shape index (κ2) is 7.03. The van der Waals surface area contributed by atoms with Gasteiger partial charge in [-0.25, -0.2) is 0 Å². The molecule has 1 atom stereocenters. The summed E-state index contributed by atoms with van der Waals surface area (Å²) >= 11 is 0. The molecule has 0 aromatic heterocycles. The lowest BCUT2D eigenvalue weighted by molar-refractivity contribution is -0.364. The zero-order valence-corrected chi connectivity index (χ0v) is 17.7. The van der Waals surface area contributed by atoms with Crippen molar-refractivity contribution in [2.75, 3.05) is 0 Å². The fraction of sp³-hybridized carbons (Fsp3) is 0.522. The minimum atomic E-state index is -3.75. The molecular formula is C23H32BF2N. The molecule has 4 heteroatoms. The summed E-state index contributed by atoms with van der Waals surface area (Å²) in [5.41, 5.74) is 8.42. The Balaban J connectivity index is 2.34. The lowest BCUT2D eigenvalue weighted by atomic mass is 9.54. The molecule has 0 amide bonds. The Bertz CT molecular complexity index is 865. The van der Waals surface area contributed by atoms with E-state index in [0.717, 1.165) is 82.5 Å². The summed E-state index contributed by atoms with van der Waals surface area (Å²) in [5.74, 6) is -0.808. The van der Waals surface area contributed by atoms with Crippen LogP contribution in [0.15, 0.2) is 57.4 Å². The summed E-state index contributed by atoms with van der Waals surface area (Å²) in [6.07, 6.45) is 6.72. The van der Waals surface area contributed by atoms with E-state index in [9.17, 15) is 0 Å². The lowest BCUT2D eigenvalue weighted by Gasteiger charge is -2.37. The zero-order valence-electron chi connectivity index (χ0n) is 17.7. The van der Waals surface area contributed by atoms with Crippen molar-refractivity contribution in [3.8, 4) is 0 Å². The van der Waals surface area contributed by atoms with Crippen LogP contribution in [0, 0.1) is 0 Å². The van der Waals surface area contributed by atoms with Crippen LogP contribution in [-0.2, 0) is 0 Å². The molecule has 0 aromatic carbocycles. The van der Waals surface area contributed by atoms with Gasteiger partial charge in [-0.1, -0.05) is 44.9 Å². The quantitative estimate of drug-likeness (QED) is 0.345. The van der Waals surface area contributed by atoms with Gasteiger partial charge in [0.15, 0.2) is 5.70 Å². The van der Waals surface area contributed by atoms with Gasteiger partial charge < -0.3 is 13.1 Å². The second-order valence-electron chi connectivity index (χ2n) is 8.19. The van der Waals surface area contributed by atoms with Gasteiger partial charge in [0.2, 0.25) is 0 Å². The molecule has 1 unspecified atom stereocenters. The van der Waals surface area contributed by atoms with E-state index in [1.807, 2.05) is 27.7 Å². The van der Waals surface area contributed by atoms with Crippen molar-refractivity contribution >= 4 is 12.5 Å². The van der Waals surface area contributed by atoms with E-state index in [2.05, 4.69) is 20.4 Å². The fourth-order valence-electron chi connectivity index (χ4n) is 5.60. The van der Waals surface area contributed by atoms with Gasteiger partial charge in [-0.2, -0.15) is 0 Å². The third-order valence-electron chi connectivity index (χ3n) is 6.80. The predicted octanol–water partition coefficient (Wildman–Crippen LogP) is 7.13. The summed E-state index contributed by atoms with van der Waals surface area (Å²) in [7, 11) is 0. The maximum Gasteiger partial charge on any atom is 0.625 e. The van der Waals surface area contributed by atoms with Crippen LogP contribution in [-0.4, -0.2) is 17.0 Å². The average molecular weight is 371 g/mol. The molecule has 0 aromatic rings. The van der Waals surface area contributed by atoms with Crippen LogP contribution in [0.5, 0.6) is 0 Å². The normalized spacial score (nSPS) is 24.4. The number of rotatable bonds is 6. The van der Waals surface area contributed by atoms with Crippen molar-refractivity contribution in [1.82, 2.24) is 0 Å². The van der Waals surface area contributed by atoms with Crippen molar-refractivity contribution in [1.29, 1.82) is 0 Å². The first kappa shape index (κ1) is 20.0. The van der Waals surface area contributed by atoms with Crippen molar-refractivity contribution in [3.05, 3.63) is 57.4 Å². The van der Waals surface area contributed by atoms with Crippen molar-refractivity contribution in [2.24, 2.45) is 0 Å². The Morgan fingerprint density at radius 3 is 2.26 bits per heavy atom. The van der Waals surface area contributed by atoms with Gasteiger partial charge in [-0.05, 0) is 56.8 Å². The summed E-state index contributed by atoms with van der Waals surface area (Å²) in [4.78, 5) is 0. The Hall–Kier alpha value is -1.71. The fourth-order valence-corrected chi connectivity index (χ4v) is 5.60. The van der Waals surface area contributed by atoms with Crippen LogP contribution in [0.1, 0.15) is 73.6 Å². The third-order valence-corrected chi connectivity index (χ3v) is 6.80. The Labute approximate surface area is 163 Å². The number of hydrogen-bond acceptors (Lipinski definition) is 0. The van der Waals surface area contributed by atoms with Gasteiger partial charge in [-0.15, -0.1) is 0 Å². The first-order chi connectivity index (χ1) is 12.7. The second-order valence-corrected chi connectivity index (χ2v) is 8.19. The maximum absolute atomic E-state index is 15.9. The van der Waals surface area contributed by atoms with Gasteiger partial charge in [-0.3, -0.25) is 0 Å². The summed E-state index contributed by atoms with van der Waals surface area (Å²) in [6.45, 7) is 12.2. The van der Waals surface area contributed by atoms with Gasteiger partial charge in [0, 0.05) is 29.5 Å². The van der Waals surface area contributed by atoms with Crippen LogP contribution in [0.4, 0.5) is 8.63 Å². The molecule has 3 aliphatic rings. The number of unbranched alkanes of at least 4 members (excludes halogenated alkanes) is 2. The van der Waals surface area contributed by atoms with E-state index < -0.39 is 12.7 Å². The molecule has 0 saturated heterocycles. The molecule has 2 heterocycles. The lowest BCUT2D eigenvalue weighted by Crippen LogP contribution is -2.48. The Kier molecular flexibility index (Phi) is 5.22. The zero-order chi connectivity index (χ0) is 20.1. The van der Waals surface area contributed by atoms with E-state index >= 15 is 8.63 Å². The Morgan fingerprint density at radius 1 is 1.04 bits per heavy atom. The SMILES string of the molecule is C=CC1=C(C)C2C(=C1C)C(CCCCC)=C1C(C)=C(CC)C(C)=[N+]1[B-]2(F)F. The molecule has 0 radical (unpaired) electrons. The highest BCUT2D eigenvalue weighted by molar-refractivity contribution is 6.63. The molecule has 2 aliphatic heterocycles. The third kappa shape index (κ3) is 2.67. The van der Waals surface area contributed by atoms with E-state index in [1.165, 1.54) is 4.49 Å². The minimum absolute atomic E-state index is 0.750. The molecule has 0 N–H and O–H groups in total. The van der Waals surface area contributed by atoms with Gasteiger partial charge in [0.1, 0.15) is 5.71 Å². The number of hydrogen-bond donors (Lipinski definition) is 0. The monoisotopic (exact) mass is 371 g/mol. The number of allylic oxidation sites excluding steroid dienone is 8. The van der Waals surface area contributed by atoms with Crippen LogP contribution in [0.3, 0.4) is 0 Å². The molecular weight excluding hydrogens is 339 g/mol. The number of halogens is 2. The van der Waals surface area contributed by atoms with Crippen LogP contribution >= 0.6 is 0 Å². The molecule has 1 aliphatic carbocycles. The minimum Gasteiger partial charge on any atom is -0.412 e. The number of nitrogens with zero attached hydrogens (tertiary/aromatic N) is 1. The van der Waals surface area contributed by atoms with E-state index in [1.54, 1.807) is 6.08 Å². The van der Waals surface area contributed by atoms with E-state index in [-0.39, 0.29) is 0 Å². The highest BCUT2D eigenvalue weighted by Crippen LogP contribution is 2.57. The molecule has 0 saturated carbocycles. The highest BCUT2D eigenvalue weighted by atomic mass is 19.2. The smallest absolute Gasteiger partial charge is 0.412 e. The van der Waals surface area contributed by atoms with Crippen molar-refractivity contribution < 1.29 is 13.1 Å². The standard InChI is InChI=1S/C23H32BF2N/c1-8-11-12-13-20-21-14(4)18(9-2)15(5)22(21)24(25,26)27-17(7)19(10-3)16(6)23(20)27/h9,22H,2,8,10-13H2,1,3-7H3. The largest absolute Gasteiger partial charge is 0.625 e. The molecule has 0 fully saturated rings. The Morgan fingerprint density at radius 2 is 1.70 bits per heavy atom. The topological polar surface area (TPSA) is 3.01 Å². The van der Waals surface area contributed by atoms with Crippen LogP contribution in [0.25, 0.3) is 0 Å². The molecule has 0 bridgehead atoms. The summed E-state index contributed by atoms with van der Waals surface area (Å²) < 4.78 is 33.3. The first-order valence-electron chi connectivity index (χ1n) is 10.4. The van der Waals surface area contributed by atoms with Gasteiger partial charge >= 0.3 is 6.84 Å². The van der Waals surface area contributed by atoms with Gasteiger partial charge in [0.25, 0.3) is 0 Å². The van der Waals surface area contributed by atoms with E-state index in [4.69, 9.17) is 0 Å². The van der Waals surface area contributed by atoms with Crippen LogP contribution < -0.4 is 0 Å². The van der Waals surface area contributed by atoms with Crippen LogP contribution in [0.2, 0.25) is 5.82 Å². The summed E-state index contributed by atoms with van der Waals surface area (Å²) in [5, 5.41) is 0. The first-order valence-corrected chi connectivity index (χ1v) is 10.4. The highest BCUT2D eigenvalue weighted by Gasteiger charge is 2.61. The van der Waals surface area contributed by atoms with E-state index in [0.29, 0.717) is 0 Å².